The summed E-state index contributed by atoms with van der Waals surface area (Å²) in [6, 6.07) is 0. The zero-order valence-corrected chi connectivity index (χ0v) is 45.7. The van der Waals surface area contributed by atoms with E-state index in [1.807, 2.05) is 21.1 Å². The number of unbranched alkanes of at least 4 members (excludes halogenated alkanes) is 31. The van der Waals surface area contributed by atoms with Crippen molar-refractivity contribution in [1.29, 1.82) is 0 Å². The molecule has 0 saturated heterocycles. The van der Waals surface area contributed by atoms with Crippen molar-refractivity contribution in [2.75, 3.05) is 54.1 Å². The molecule has 67 heavy (non-hydrogen) atoms. The number of esters is 1. The van der Waals surface area contributed by atoms with Gasteiger partial charge in [-0.3, -0.25) is 9.36 Å². The number of phosphoric acid groups is 1. The third kappa shape index (κ3) is 55.3. The van der Waals surface area contributed by atoms with Gasteiger partial charge in [0.25, 0.3) is 7.82 Å². The van der Waals surface area contributed by atoms with Gasteiger partial charge in [0.2, 0.25) is 0 Å². The molecule has 8 nitrogen and oxygen atoms in total. The minimum absolute atomic E-state index is 0.0252. The summed E-state index contributed by atoms with van der Waals surface area (Å²) in [6.45, 7) is 5.33. The molecule has 0 saturated carbocycles. The van der Waals surface area contributed by atoms with Gasteiger partial charge < -0.3 is 27.9 Å². The highest BCUT2D eigenvalue weighted by Gasteiger charge is 2.20. The summed E-state index contributed by atoms with van der Waals surface area (Å²) in [5, 5.41) is 0. The van der Waals surface area contributed by atoms with Crippen molar-refractivity contribution >= 4 is 13.8 Å². The zero-order chi connectivity index (χ0) is 49.0. The van der Waals surface area contributed by atoms with Crippen LogP contribution in [0.4, 0.5) is 0 Å². The molecule has 0 aliphatic rings. The van der Waals surface area contributed by atoms with Crippen molar-refractivity contribution in [1.82, 2.24) is 0 Å². The molecule has 0 aliphatic heterocycles. The predicted molar refractivity (Wildman–Crippen MR) is 286 cm³/mol. The average molecular weight is 964 g/mol. The van der Waals surface area contributed by atoms with E-state index in [9.17, 15) is 14.3 Å². The van der Waals surface area contributed by atoms with Crippen LogP contribution in [0.2, 0.25) is 0 Å². The summed E-state index contributed by atoms with van der Waals surface area (Å²) in [5.41, 5.74) is 0. The lowest BCUT2D eigenvalue weighted by molar-refractivity contribution is -0.870. The number of hydrogen-bond acceptors (Lipinski definition) is 7. The molecule has 0 bridgehead atoms. The monoisotopic (exact) mass is 964 g/mol. The van der Waals surface area contributed by atoms with Gasteiger partial charge in [-0.25, -0.2) is 0 Å². The number of likely N-dealkylation sites (N-methyl/N-ethyl adjacent to an activating group) is 1. The van der Waals surface area contributed by atoms with Gasteiger partial charge in [0.05, 0.1) is 34.4 Å². The standard InChI is InChI=1S/C58H110NO7P/c1-6-8-10-12-14-16-18-20-22-24-26-28-30-31-33-35-37-39-41-43-45-47-49-51-58(60)66-57(56-65-67(61,62)64-54-52-59(3,4)5)55-63-53-50-48-46-44-42-40-38-36-34-32-29-27-25-23-21-19-17-15-13-11-9-7-2/h9,11,15,17,21,23,27,29,57H,6-8,10,12-14,16,18-20,22,24-26,28,30-56H2,1-5H3/b11-9-,17-15-,23-21-,29-27-. The molecule has 2 atom stereocenters. The van der Waals surface area contributed by atoms with Crippen LogP contribution in [0.25, 0.3) is 0 Å². The summed E-state index contributed by atoms with van der Waals surface area (Å²) >= 11 is 0. The van der Waals surface area contributed by atoms with Crippen molar-refractivity contribution in [3.63, 3.8) is 0 Å². The van der Waals surface area contributed by atoms with Gasteiger partial charge >= 0.3 is 5.97 Å². The zero-order valence-electron chi connectivity index (χ0n) is 44.9. The molecular weight excluding hydrogens is 854 g/mol. The van der Waals surface area contributed by atoms with E-state index in [2.05, 4.69) is 62.5 Å². The molecule has 0 N–H and O–H groups in total. The predicted octanol–water partition coefficient (Wildman–Crippen LogP) is 17.2. The highest BCUT2D eigenvalue weighted by atomic mass is 31.2. The molecule has 0 aromatic heterocycles. The van der Waals surface area contributed by atoms with E-state index >= 15 is 0 Å². The summed E-state index contributed by atoms with van der Waals surface area (Å²) in [7, 11) is 1.36. The Balaban J connectivity index is 4.07. The Kier molecular flexibility index (Phi) is 49.7. The Morgan fingerprint density at radius 1 is 0.478 bits per heavy atom. The van der Waals surface area contributed by atoms with Crippen LogP contribution in [-0.2, 0) is 27.9 Å². The summed E-state index contributed by atoms with van der Waals surface area (Å²) in [4.78, 5) is 25.3. The van der Waals surface area contributed by atoms with E-state index in [0.717, 1.165) is 57.8 Å². The summed E-state index contributed by atoms with van der Waals surface area (Å²) in [5.74, 6) is -0.331. The van der Waals surface area contributed by atoms with Gasteiger partial charge in [0.15, 0.2) is 0 Å². The van der Waals surface area contributed by atoms with E-state index in [1.165, 1.54) is 180 Å². The topological polar surface area (TPSA) is 94.1 Å². The number of carbonyl (C=O) groups excluding carboxylic acids is 1. The first-order valence-corrected chi connectivity index (χ1v) is 29.8. The van der Waals surface area contributed by atoms with Gasteiger partial charge in [0, 0.05) is 13.0 Å². The lowest BCUT2D eigenvalue weighted by Gasteiger charge is -2.28. The average Bonchev–Trinajstić information content (AvgIpc) is 3.29. The first-order valence-electron chi connectivity index (χ1n) is 28.4. The Morgan fingerprint density at radius 3 is 1.30 bits per heavy atom. The first-order chi connectivity index (χ1) is 32.6. The lowest BCUT2D eigenvalue weighted by atomic mass is 10.0. The number of phosphoric ester groups is 1. The Labute approximate surface area is 416 Å². The molecule has 0 aliphatic carbocycles. The molecule has 0 heterocycles. The van der Waals surface area contributed by atoms with Gasteiger partial charge in [-0.05, 0) is 51.4 Å². The SMILES string of the molecule is CC/C=C\C/C=C\C/C=C\C/C=C\CCCCCCCCCCCOCC(COP(=O)([O-])OCC[N+](C)(C)C)OC(=O)CCCCCCCCCCCCCCCCCCCCCCCCC. The van der Waals surface area contributed by atoms with Crippen LogP contribution in [0.3, 0.4) is 0 Å². The van der Waals surface area contributed by atoms with E-state index < -0.39 is 13.9 Å². The highest BCUT2D eigenvalue weighted by Crippen LogP contribution is 2.38. The second-order valence-corrected chi connectivity index (χ2v) is 21.7. The maximum atomic E-state index is 12.8. The maximum Gasteiger partial charge on any atom is 0.306 e. The molecule has 0 spiro atoms. The number of carbonyl (C=O) groups is 1. The molecule has 0 radical (unpaired) electrons. The fourth-order valence-electron chi connectivity index (χ4n) is 8.07. The number of quaternary nitrogens is 1. The number of nitrogens with zero attached hydrogens (tertiary/aromatic N) is 1. The van der Waals surface area contributed by atoms with Crippen LogP contribution in [0, 0.1) is 0 Å². The molecule has 0 rings (SSSR count). The van der Waals surface area contributed by atoms with Crippen molar-refractivity contribution in [2.45, 2.75) is 264 Å². The summed E-state index contributed by atoms with van der Waals surface area (Å²) < 4.78 is 34.8. The van der Waals surface area contributed by atoms with Crippen LogP contribution < -0.4 is 4.89 Å². The third-order valence-corrected chi connectivity index (χ3v) is 13.4. The van der Waals surface area contributed by atoms with E-state index in [4.69, 9.17) is 18.5 Å². The van der Waals surface area contributed by atoms with Crippen LogP contribution in [0.1, 0.15) is 258 Å². The Bertz CT molecular complexity index is 1210. The molecule has 0 aromatic rings. The van der Waals surface area contributed by atoms with Gasteiger partial charge in [-0.15, -0.1) is 0 Å². The molecule has 9 heteroatoms. The summed E-state index contributed by atoms with van der Waals surface area (Å²) in [6.07, 6.45) is 64.3. The van der Waals surface area contributed by atoms with Crippen LogP contribution in [0.5, 0.6) is 0 Å². The molecule has 0 aromatic carbocycles. The molecular formula is C58H110NO7P. The molecule has 2 unspecified atom stereocenters. The van der Waals surface area contributed by atoms with Crippen molar-refractivity contribution in [3.8, 4) is 0 Å². The van der Waals surface area contributed by atoms with Crippen molar-refractivity contribution in [3.05, 3.63) is 48.6 Å². The van der Waals surface area contributed by atoms with Crippen molar-refractivity contribution < 1.29 is 37.3 Å². The first kappa shape index (κ1) is 65.5. The molecule has 0 fully saturated rings. The minimum atomic E-state index is -4.54. The van der Waals surface area contributed by atoms with Crippen LogP contribution in [-0.4, -0.2) is 70.7 Å². The quantitative estimate of drug-likeness (QED) is 0.0197. The molecule has 394 valence electrons. The molecule has 0 amide bonds. The number of ether oxygens (including phenoxy) is 2. The fraction of sp³-hybridized carbons (Fsp3) is 0.845. The lowest BCUT2D eigenvalue weighted by Crippen LogP contribution is -2.37. The maximum absolute atomic E-state index is 12.8. The largest absolute Gasteiger partial charge is 0.756 e. The number of hydrogen-bond donors (Lipinski definition) is 0. The van der Waals surface area contributed by atoms with Crippen molar-refractivity contribution in [2.24, 2.45) is 0 Å². The minimum Gasteiger partial charge on any atom is -0.756 e. The van der Waals surface area contributed by atoms with E-state index in [-0.39, 0.29) is 25.8 Å². The van der Waals surface area contributed by atoms with Gasteiger partial charge in [-0.1, -0.05) is 249 Å². The number of rotatable bonds is 53. The van der Waals surface area contributed by atoms with Crippen LogP contribution >= 0.6 is 7.82 Å². The number of allylic oxidation sites excluding steroid dienone is 8. The van der Waals surface area contributed by atoms with Crippen LogP contribution in [0.15, 0.2) is 48.6 Å². The highest BCUT2D eigenvalue weighted by molar-refractivity contribution is 7.45. The Morgan fingerprint density at radius 2 is 0.866 bits per heavy atom. The van der Waals surface area contributed by atoms with E-state index in [0.29, 0.717) is 24.1 Å². The third-order valence-electron chi connectivity index (χ3n) is 12.4. The Hall–Kier alpha value is -1.54. The second kappa shape index (κ2) is 50.8. The van der Waals surface area contributed by atoms with Gasteiger partial charge in [-0.2, -0.15) is 0 Å². The normalized spacial score (nSPS) is 13.8. The fourth-order valence-corrected chi connectivity index (χ4v) is 8.80. The smallest absolute Gasteiger partial charge is 0.306 e. The van der Waals surface area contributed by atoms with E-state index in [1.54, 1.807) is 0 Å². The van der Waals surface area contributed by atoms with Gasteiger partial charge in [0.1, 0.15) is 19.3 Å². The second-order valence-electron chi connectivity index (χ2n) is 20.3.